The lowest BCUT2D eigenvalue weighted by atomic mass is 10.2. The molecule has 0 aliphatic carbocycles. The van der Waals surface area contributed by atoms with Crippen LogP contribution in [0.15, 0.2) is 24.3 Å². The molecule has 1 heterocycles. The first-order chi connectivity index (χ1) is 7.72. The first-order valence-corrected chi connectivity index (χ1v) is 6.00. The molecular formula is C11H13NO3S. The molecule has 86 valence electrons. The van der Waals surface area contributed by atoms with E-state index in [9.17, 15) is 4.79 Å². The van der Waals surface area contributed by atoms with Gasteiger partial charge in [0.1, 0.15) is 11.8 Å². The standard InChI is InChI=1S/C11H13NO3S/c1-15-9-5-3-2-4-7(9)10-12-8(6-16-10)11(13)14/h2-5,8,10,12H,6H2,1H3,(H,13,14)/t8-,10+/m0/s1. The summed E-state index contributed by atoms with van der Waals surface area (Å²) in [4.78, 5) is 10.8. The summed E-state index contributed by atoms with van der Waals surface area (Å²) in [6.45, 7) is 0. The molecule has 1 fully saturated rings. The zero-order valence-electron chi connectivity index (χ0n) is 8.84. The summed E-state index contributed by atoms with van der Waals surface area (Å²) in [6, 6.07) is 7.18. The second-order valence-corrected chi connectivity index (χ2v) is 4.65. The molecule has 5 heteroatoms. The van der Waals surface area contributed by atoms with Crippen molar-refractivity contribution in [2.24, 2.45) is 0 Å². The minimum atomic E-state index is -0.801. The molecule has 0 aromatic heterocycles. The summed E-state index contributed by atoms with van der Waals surface area (Å²) < 4.78 is 5.25. The molecule has 1 aromatic carbocycles. The van der Waals surface area contributed by atoms with Crippen LogP contribution in [0.5, 0.6) is 5.75 Å². The molecule has 1 aliphatic rings. The van der Waals surface area contributed by atoms with Gasteiger partial charge >= 0.3 is 5.97 Å². The Balaban J connectivity index is 2.17. The van der Waals surface area contributed by atoms with Gasteiger partial charge in [-0.1, -0.05) is 18.2 Å². The van der Waals surface area contributed by atoms with E-state index >= 15 is 0 Å². The number of benzene rings is 1. The smallest absolute Gasteiger partial charge is 0.321 e. The molecule has 2 N–H and O–H groups in total. The number of nitrogens with one attached hydrogen (secondary N) is 1. The Morgan fingerprint density at radius 3 is 2.94 bits per heavy atom. The summed E-state index contributed by atoms with van der Waals surface area (Å²) in [7, 11) is 1.62. The highest BCUT2D eigenvalue weighted by molar-refractivity contribution is 7.99. The monoisotopic (exact) mass is 239 g/mol. The average molecular weight is 239 g/mol. The summed E-state index contributed by atoms with van der Waals surface area (Å²) in [5.74, 6) is 0.571. The van der Waals surface area contributed by atoms with E-state index in [4.69, 9.17) is 9.84 Å². The van der Waals surface area contributed by atoms with Gasteiger partial charge in [-0.2, -0.15) is 0 Å². The molecule has 0 unspecified atom stereocenters. The third-order valence-corrected chi connectivity index (χ3v) is 3.75. The summed E-state index contributed by atoms with van der Waals surface area (Å²) in [5, 5.41) is 12.0. The SMILES string of the molecule is COc1ccccc1[C@@H]1N[C@H](C(=O)O)CS1. The number of thioether (sulfide) groups is 1. The van der Waals surface area contributed by atoms with Crippen molar-refractivity contribution in [1.82, 2.24) is 5.32 Å². The van der Waals surface area contributed by atoms with Crippen molar-refractivity contribution in [3.05, 3.63) is 29.8 Å². The number of carbonyl (C=O) groups is 1. The third kappa shape index (κ3) is 2.15. The van der Waals surface area contributed by atoms with Gasteiger partial charge in [-0.3, -0.25) is 10.1 Å². The van der Waals surface area contributed by atoms with E-state index in [0.29, 0.717) is 5.75 Å². The molecule has 0 bridgehead atoms. The van der Waals surface area contributed by atoms with E-state index in [0.717, 1.165) is 11.3 Å². The van der Waals surface area contributed by atoms with Crippen molar-refractivity contribution in [2.45, 2.75) is 11.4 Å². The predicted molar refractivity (Wildman–Crippen MR) is 62.8 cm³/mol. The van der Waals surface area contributed by atoms with Gasteiger partial charge in [0.2, 0.25) is 0 Å². The van der Waals surface area contributed by atoms with Crippen LogP contribution in [0, 0.1) is 0 Å². The zero-order chi connectivity index (χ0) is 11.5. The van der Waals surface area contributed by atoms with E-state index in [1.54, 1.807) is 18.9 Å². The summed E-state index contributed by atoms with van der Waals surface area (Å²) in [6.07, 6.45) is 0. The lowest BCUT2D eigenvalue weighted by molar-refractivity contribution is -0.138. The highest BCUT2D eigenvalue weighted by Crippen LogP contribution is 2.37. The van der Waals surface area contributed by atoms with Gasteiger partial charge in [0.25, 0.3) is 0 Å². The number of carboxylic acids is 1. The number of ether oxygens (including phenoxy) is 1. The highest BCUT2D eigenvalue weighted by Gasteiger charge is 2.31. The lowest BCUT2D eigenvalue weighted by Gasteiger charge is -2.14. The second kappa shape index (κ2) is 4.76. The number of hydrogen-bond donors (Lipinski definition) is 2. The molecule has 0 spiro atoms. The Labute approximate surface area is 98.0 Å². The predicted octanol–water partition coefficient (Wildman–Crippen LogP) is 1.48. The molecule has 16 heavy (non-hydrogen) atoms. The molecule has 0 amide bonds. The van der Waals surface area contributed by atoms with Gasteiger partial charge in [-0.05, 0) is 6.07 Å². The Morgan fingerprint density at radius 1 is 1.56 bits per heavy atom. The Bertz CT molecular complexity index is 397. The van der Waals surface area contributed by atoms with Crippen LogP contribution in [0.4, 0.5) is 0 Å². The summed E-state index contributed by atoms with van der Waals surface area (Å²) >= 11 is 1.59. The highest BCUT2D eigenvalue weighted by atomic mass is 32.2. The van der Waals surface area contributed by atoms with Crippen LogP contribution >= 0.6 is 11.8 Å². The van der Waals surface area contributed by atoms with Crippen molar-refractivity contribution in [1.29, 1.82) is 0 Å². The van der Waals surface area contributed by atoms with Crippen molar-refractivity contribution in [2.75, 3.05) is 12.9 Å². The first-order valence-electron chi connectivity index (χ1n) is 4.95. The van der Waals surface area contributed by atoms with Gasteiger partial charge in [0, 0.05) is 11.3 Å². The molecule has 1 saturated heterocycles. The normalized spacial score (nSPS) is 24.3. The average Bonchev–Trinajstić information content (AvgIpc) is 2.78. The van der Waals surface area contributed by atoms with E-state index in [1.165, 1.54) is 0 Å². The Morgan fingerprint density at radius 2 is 2.31 bits per heavy atom. The van der Waals surface area contributed by atoms with Crippen LogP contribution in [0.3, 0.4) is 0 Å². The Kier molecular flexibility index (Phi) is 3.36. The molecular weight excluding hydrogens is 226 g/mol. The van der Waals surface area contributed by atoms with Crippen LogP contribution in [-0.4, -0.2) is 30.0 Å². The molecule has 4 nitrogen and oxygen atoms in total. The fourth-order valence-corrected chi connectivity index (χ4v) is 2.94. The topological polar surface area (TPSA) is 58.6 Å². The number of hydrogen-bond acceptors (Lipinski definition) is 4. The number of methoxy groups -OCH3 is 1. The van der Waals surface area contributed by atoms with Gasteiger partial charge in [-0.25, -0.2) is 0 Å². The molecule has 2 atom stereocenters. The number of para-hydroxylation sites is 1. The first kappa shape index (κ1) is 11.3. The maximum atomic E-state index is 10.8. The van der Waals surface area contributed by atoms with Crippen LogP contribution in [0.2, 0.25) is 0 Å². The molecule has 1 aliphatic heterocycles. The minimum absolute atomic E-state index is 0.00255. The van der Waals surface area contributed by atoms with Crippen LogP contribution in [0.1, 0.15) is 10.9 Å². The number of rotatable bonds is 3. The van der Waals surface area contributed by atoms with Crippen molar-refractivity contribution in [3.8, 4) is 5.75 Å². The van der Waals surface area contributed by atoms with E-state index in [2.05, 4.69) is 5.32 Å². The molecule has 0 saturated carbocycles. The van der Waals surface area contributed by atoms with Gasteiger partial charge in [0.15, 0.2) is 0 Å². The van der Waals surface area contributed by atoms with Crippen molar-refractivity contribution < 1.29 is 14.6 Å². The van der Waals surface area contributed by atoms with Gasteiger partial charge in [-0.15, -0.1) is 11.8 Å². The molecule has 0 radical (unpaired) electrons. The van der Waals surface area contributed by atoms with Crippen molar-refractivity contribution >= 4 is 17.7 Å². The largest absolute Gasteiger partial charge is 0.496 e. The number of aliphatic carboxylic acids is 1. The van der Waals surface area contributed by atoms with E-state index < -0.39 is 12.0 Å². The van der Waals surface area contributed by atoms with Gasteiger partial charge < -0.3 is 9.84 Å². The zero-order valence-corrected chi connectivity index (χ0v) is 9.66. The van der Waals surface area contributed by atoms with Crippen LogP contribution < -0.4 is 10.1 Å². The van der Waals surface area contributed by atoms with E-state index in [-0.39, 0.29) is 5.37 Å². The third-order valence-electron chi connectivity index (χ3n) is 2.50. The maximum Gasteiger partial charge on any atom is 0.321 e. The van der Waals surface area contributed by atoms with Crippen molar-refractivity contribution in [3.63, 3.8) is 0 Å². The fourth-order valence-electron chi connectivity index (χ4n) is 1.68. The molecule has 1 aromatic rings. The quantitative estimate of drug-likeness (QED) is 0.836. The van der Waals surface area contributed by atoms with Gasteiger partial charge in [0.05, 0.1) is 12.5 Å². The number of carboxylic acid groups (broad SMARTS) is 1. The second-order valence-electron chi connectivity index (χ2n) is 3.51. The summed E-state index contributed by atoms with van der Waals surface area (Å²) in [5.41, 5.74) is 0.999. The van der Waals surface area contributed by atoms with Crippen LogP contribution in [-0.2, 0) is 4.79 Å². The van der Waals surface area contributed by atoms with Crippen LogP contribution in [0.25, 0.3) is 0 Å². The minimum Gasteiger partial charge on any atom is -0.496 e. The molecule has 2 rings (SSSR count). The fraction of sp³-hybridized carbons (Fsp3) is 0.364. The van der Waals surface area contributed by atoms with E-state index in [1.807, 2.05) is 24.3 Å². The lowest BCUT2D eigenvalue weighted by Crippen LogP contribution is -2.33. The maximum absolute atomic E-state index is 10.8. The Hall–Kier alpha value is -1.20.